The molecule has 2 aliphatic rings. The molecule has 0 amide bonds. The molecule has 0 N–H and O–H groups in total. The quantitative estimate of drug-likeness (QED) is 0.115. The summed E-state index contributed by atoms with van der Waals surface area (Å²) in [7, 11) is 0. The molecule has 196 valence electrons. The van der Waals surface area contributed by atoms with E-state index >= 15 is 0 Å². The summed E-state index contributed by atoms with van der Waals surface area (Å²) in [5, 5.41) is 2.17. The average Bonchev–Trinajstić information content (AvgIpc) is 2.94. The SMILES string of the molecule is CCCCCCCCCCCCc1cccc2c1Cc1cc3c(cc1=C2)Cc1ccccc1C=3C(=O)C=O. The summed E-state index contributed by atoms with van der Waals surface area (Å²) >= 11 is 0. The first-order valence-corrected chi connectivity index (χ1v) is 14.8. The highest BCUT2D eigenvalue weighted by atomic mass is 16.2. The van der Waals surface area contributed by atoms with E-state index in [-0.39, 0.29) is 0 Å². The van der Waals surface area contributed by atoms with Crippen LogP contribution in [0.15, 0.2) is 54.6 Å². The van der Waals surface area contributed by atoms with Crippen molar-refractivity contribution < 1.29 is 9.59 Å². The summed E-state index contributed by atoms with van der Waals surface area (Å²) in [4.78, 5) is 24.4. The number of aryl methyl sites for hydroxylation is 1. The summed E-state index contributed by atoms with van der Waals surface area (Å²) in [6.45, 7) is 2.28. The van der Waals surface area contributed by atoms with Gasteiger partial charge in [0.25, 0.3) is 0 Å². The van der Waals surface area contributed by atoms with Gasteiger partial charge in [-0.25, -0.2) is 0 Å². The lowest BCUT2D eigenvalue weighted by molar-refractivity contribution is -0.126. The van der Waals surface area contributed by atoms with Crippen LogP contribution in [0.5, 0.6) is 0 Å². The minimum Gasteiger partial charge on any atom is -0.294 e. The summed E-state index contributed by atoms with van der Waals surface area (Å²) in [5.41, 5.74) is 9.17. The minimum absolute atomic E-state index is 0.430. The van der Waals surface area contributed by atoms with Crippen molar-refractivity contribution in [2.75, 3.05) is 0 Å². The fraction of sp³-hybridized carbons (Fsp3) is 0.389. The predicted octanol–water partition coefficient (Wildman–Crippen LogP) is 6.75. The zero-order valence-electron chi connectivity index (χ0n) is 22.9. The molecule has 2 nitrogen and oxygen atoms in total. The molecule has 0 fully saturated rings. The molecule has 2 aliphatic carbocycles. The molecule has 2 heteroatoms. The van der Waals surface area contributed by atoms with Crippen LogP contribution in [0.3, 0.4) is 0 Å². The zero-order valence-corrected chi connectivity index (χ0v) is 22.9. The fourth-order valence-electron chi connectivity index (χ4n) is 6.37. The van der Waals surface area contributed by atoms with Crippen LogP contribution in [0.4, 0.5) is 0 Å². The number of fused-ring (bicyclic) bond motifs is 4. The maximum atomic E-state index is 12.8. The third kappa shape index (κ3) is 5.75. The van der Waals surface area contributed by atoms with E-state index in [9.17, 15) is 9.59 Å². The van der Waals surface area contributed by atoms with Gasteiger partial charge in [0.1, 0.15) is 0 Å². The first-order valence-electron chi connectivity index (χ1n) is 14.8. The number of aldehydes is 1. The van der Waals surface area contributed by atoms with Crippen LogP contribution in [0, 0.1) is 0 Å². The number of unbranched alkanes of at least 4 members (excludes halogenated alkanes) is 9. The van der Waals surface area contributed by atoms with Crippen LogP contribution in [0.2, 0.25) is 0 Å². The van der Waals surface area contributed by atoms with Gasteiger partial charge in [0.2, 0.25) is 5.78 Å². The van der Waals surface area contributed by atoms with Crippen LogP contribution in [0.25, 0.3) is 11.6 Å². The van der Waals surface area contributed by atoms with Gasteiger partial charge in [-0.1, -0.05) is 113 Å². The van der Waals surface area contributed by atoms with Crippen molar-refractivity contribution in [2.24, 2.45) is 0 Å². The van der Waals surface area contributed by atoms with Crippen LogP contribution in [-0.4, -0.2) is 12.1 Å². The van der Waals surface area contributed by atoms with Crippen molar-refractivity contribution >= 4 is 23.7 Å². The maximum absolute atomic E-state index is 12.8. The molecular formula is C36H40O2. The van der Waals surface area contributed by atoms with E-state index in [1.165, 1.54) is 91.7 Å². The molecule has 3 aromatic rings. The van der Waals surface area contributed by atoms with E-state index in [1.807, 2.05) is 18.2 Å². The summed E-state index contributed by atoms with van der Waals surface area (Å²) in [6.07, 6.45) is 19.1. The number of rotatable bonds is 13. The van der Waals surface area contributed by atoms with E-state index in [4.69, 9.17) is 0 Å². The Balaban J connectivity index is 1.32. The first kappa shape index (κ1) is 26.4. The van der Waals surface area contributed by atoms with E-state index in [0.29, 0.717) is 11.9 Å². The smallest absolute Gasteiger partial charge is 0.226 e. The molecule has 38 heavy (non-hydrogen) atoms. The van der Waals surface area contributed by atoms with Crippen LogP contribution < -0.4 is 10.4 Å². The van der Waals surface area contributed by atoms with Gasteiger partial charge in [-0.3, -0.25) is 9.59 Å². The van der Waals surface area contributed by atoms with Gasteiger partial charge in [0.15, 0.2) is 6.29 Å². The molecule has 0 bridgehead atoms. The summed E-state index contributed by atoms with van der Waals surface area (Å²) < 4.78 is 0. The normalized spacial score (nSPS) is 13.1. The number of carbonyl (C=O) groups excluding carboxylic acids is 2. The van der Waals surface area contributed by atoms with E-state index in [0.717, 1.165) is 41.2 Å². The van der Waals surface area contributed by atoms with Gasteiger partial charge in [-0.05, 0) is 87.2 Å². The van der Waals surface area contributed by atoms with Crippen LogP contribution >= 0.6 is 0 Å². The molecule has 5 rings (SSSR count). The average molecular weight is 505 g/mol. The molecule has 0 saturated carbocycles. The Hall–Kier alpha value is -3.26. The topological polar surface area (TPSA) is 34.1 Å². The Morgan fingerprint density at radius 1 is 0.763 bits per heavy atom. The van der Waals surface area contributed by atoms with Gasteiger partial charge >= 0.3 is 0 Å². The second-order valence-electron chi connectivity index (χ2n) is 11.1. The highest BCUT2D eigenvalue weighted by Gasteiger charge is 2.23. The summed E-state index contributed by atoms with van der Waals surface area (Å²) in [5.74, 6) is -0.430. The lowest BCUT2D eigenvalue weighted by Gasteiger charge is -2.22. The van der Waals surface area contributed by atoms with Crippen molar-refractivity contribution in [1.29, 1.82) is 0 Å². The predicted molar refractivity (Wildman–Crippen MR) is 157 cm³/mol. The van der Waals surface area contributed by atoms with Gasteiger partial charge in [-0.2, -0.15) is 0 Å². The fourth-order valence-corrected chi connectivity index (χ4v) is 6.37. The molecule has 0 aromatic heterocycles. The lowest BCUT2D eigenvalue weighted by Crippen LogP contribution is -2.30. The molecule has 0 heterocycles. The number of hydrogen-bond acceptors (Lipinski definition) is 2. The molecule has 3 aromatic carbocycles. The summed E-state index contributed by atoms with van der Waals surface area (Å²) in [6, 6.07) is 19.2. The molecular weight excluding hydrogens is 464 g/mol. The number of hydrogen-bond donors (Lipinski definition) is 0. The van der Waals surface area contributed by atoms with Crippen molar-refractivity contribution in [1.82, 2.24) is 0 Å². The number of benzene rings is 3. The Bertz CT molecular complexity index is 1440. The molecule has 0 unspecified atom stereocenters. The van der Waals surface area contributed by atoms with Gasteiger partial charge in [0.05, 0.1) is 0 Å². The highest BCUT2D eigenvalue weighted by Crippen LogP contribution is 2.27. The minimum atomic E-state index is -0.430. The second-order valence-corrected chi connectivity index (χ2v) is 11.1. The van der Waals surface area contributed by atoms with Gasteiger partial charge in [-0.15, -0.1) is 0 Å². The monoisotopic (exact) mass is 504 g/mol. The van der Waals surface area contributed by atoms with Crippen molar-refractivity contribution in [3.63, 3.8) is 0 Å². The lowest BCUT2D eigenvalue weighted by atomic mass is 9.81. The molecule has 0 atom stereocenters. The van der Waals surface area contributed by atoms with Crippen molar-refractivity contribution in [3.8, 4) is 0 Å². The maximum Gasteiger partial charge on any atom is 0.226 e. The Morgan fingerprint density at radius 2 is 1.50 bits per heavy atom. The van der Waals surface area contributed by atoms with Crippen molar-refractivity contribution in [3.05, 3.63) is 104 Å². The molecule has 0 radical (unpaired) electrons. The number of Topliss-reactive ketones (excluding diaryl/α,β-unsaturated/α-hetero) is 1. The Kier molecular flexibility index (Phi) is 8.68. The number of carbonyl (C=O) groups is 2. The van der Waals surface area contributed by atoms with Crippen molar-refractivity contribution in [2.45, 2.75) is 90.4 Å². The zero-order chi connectivity index (χ0) is 26.3. The number of ketones is 1. The second kappa shape index (κ2) is 12.5. The van der Waals surface area contributed by atoms with E-state index in [1.54, 1.807) is 0 Å². The molecule has 0 saturated heterocycles. The van der Waals surface area contributed by atoms with E-state index in [2.05, 4.69) is 49.4 Å². The first-order chi connectivity index (χ1) is 18.7. The highest BCUT2D eigenvalue weighted by molar-refractivity contribution is 6.46. The van der Waals surface area contributed by atoms with E-state index < -0.39 is 5.78 Å². The molecule has 0 aliphatic heterocycles. The largest absolute Gasteiger partial charge is 0.294 e. The third-order valence-electron chi connectivity index (χ3n) is 8.44. The van der Waals surface area contributed by atoms with Gasteiger partial charge < -0.3 is 0 Å². The Morgan fingerprint density at radius 3 is 2.26 bits per heavy atom. The van der Waals surface area contributed by atoms with Gasteiger partial charge in [0, 0.05) is 5.57 Å². The van der Waals surface area contributed by atoms with Crippen LogP contribution in [0.1, 0.15) is 110 Å². The molecule has 0 spiro atoms. The standard InChI is InChI=1S/C36H40O2/c1-2-3-4-5-6-7-8-9-10-11-15-26-17-14-18-28-20-29-22-31-21-27-16-12-13-19-32(27)36(35(38)25-37)34(31)24-30(29)23-33(26)28/h12-14,16-20,22,24-25H,2-11,15,21,23H2,1H3. The Labute approximate surface area is 227 Å². The van der Waals surface area contributed by atoms with Crippen LogP contribution in [-0.2, 0) is 28.9 Å². The third-order valence-corrected chi connectivity index (χ3v) is 8.44.